The third-order valence-corrected chi connectivity index (χ3v) is 3.78. The summed E-state index contributed by atoms with van der Waals surface area (Å²) >= 11 is 1.34. The molecule has 0 bridgehead atoms. The Hall–Kier alpha value is -1.23. The van der Waals surface area contributed by atoms with E-state index < -0.39 is 11.9 Å². The molecule has 0 aliphatic heterocycles. The quantitative estimate of drug-likeness (QED) is 0.630. The Bertz CT molecular complexity index is 398. The number of rotatable bonds is 4. The molecule has 0 aliphatic rings. The average Bonchev–Trinajstić information content (AvgIpc) is 2.20. The third kappa shape index (κ3) is 3.13. The number of carbonyl (C=O) groups is 1. The second kappa shape index (κ2) is 5.21. The maximum absolute atomic E-state index is 12.8. The summed E-state index contributed by atoms with van der Waals surface area (Å²) in [5.41, 5.74) is 5.98. The van der Waals surface area contributed by atoms with E-state index in [0.717, 1.165) is 0 Å². The number of carboxylic acid groups (broad SMARTS) is 1. The van der Waals surface area contributed by atoms with Crippen LogP contribution in [0.3, 0.4) is 0 Å². The van der Waals surface area contributed by atoms with Crippen molar-refractivity contribution in [3.8, 4) is 0 Å². The van der Waals surface area contributed by atoms with Crippen molar-refractivity contribution in [1.29, 1.82) is 0 Å². The Morgan fingerprint density at radius 2 is 2.12 bits per heavy atom. The minimum atomic E-state index is -0.847. The molecule has 1 rings (SSSR count). The van der Waals surface area contributed by atoms with E-state index >= 15 is 0 Å². The van der Waals surface area contributed by atoms with E-state index in [2.05, 4.69) is 0 Å². The minimum Gasteiger partial charge on any atom is -0.481 e. The van der Waals surface area contributed by atoms with E-state index in [4.69, 9.17) is 10.8 Å². The topological polar surface area (TPSA) is 63.3 Å². The van der Waals surface area contributed by atoms with Gasteiger partial charge in [-0.05, 0) is 18.2 Å². The lowest BCUT2D eigenvalue weighted by Gasteiger charge is -2.16. The molecule has 0 aromatic heterocycles. The molecule has 0 radical (unpaired) electrons. The van der Waals surface area contributed by atoms with Crippen LogP contribution in [0.1, 0.15) is 13.8 Å². The zero-order valence-corrected chi connectivity index (χ0v) is 9.92. The van der Waals surface area contributed by atoms with Gasteiger partial charge in [0.05, 0.1) is 5.92 Å². The highest BCUT2D eigenvalue weighted by Gasteiger charge is 2.20. The van der Waals surface area contributed by atoms with E-state index in [1.54, 1.807) is 13.0 Å². The van der Waals surface area contributed by atoms with Gasteiger partial charge < -0.3 is 10.8 Å². The lowest BCUT2D eigenvalue weighted by molar-refractivity contribution is -0.140. The molecular formula is C11H14FNO2S. The summed E-state index contributed by atoms with van der Waals surface area (Å²) in [6, 6.07) is 4.12. The Morgan fingerprint density at radius 3 is 2.62 bits per heavy atom. The van der Waals surface area contributed by atoms with Gasteiger partial charge in [0.1, 0.15) is 5.82 Å². The molecule has 0 saturated heterocycles. The first-order chi connectivity index (χ1) is 7.41. The summed E-state index contributed by atoms with van der Waals surface area (Å²) in [5.74, 6) is -1.71. The van der Waals surface area contributed by atoms with E-state index in [0.29, 0.717) is 10.6 Å². The van der Waals surface area contributed by atoms with Crippen LogP contribution in [0.15, 0.2) is 23.1 Å². The van der Waals surface area contributed by atoms with Gasteiger partial charge in [0.15, 0.2) is 0 Å². The lowest BCUT2D eigenvalue weighted by Crippen LogP contribution is -2.20. The zero-order valence-electron chi connectivity index (χ0n) is 9.11. The second-order valence-corrected chi connectivity index (χ2v) is 5.05. The predicted octanol–water partition coefficient (Wildman–Crippen LogP) is 2.61. The Morgan fingerprint density at radius 1 is 1.50 bits per heavy atom. The number of halogens is 1. The monoisotopic (exact) mass is 243 g/mol. The summed E-state index contributed by atoms with van der Waals surface area (Å²) in [7, 11) is 0. The molecule has 0 spiro atoms. The summed E-state index contributed by atoms with van der Waals surface area (Å²) in [6.45, 7) is 3.45. The highest BCUT2D eigenvalue weighted by atomic mass is 32.2. The van der Waals surface area contributed by atoms with Gasteiger partial charge in [-0.3, -0.25) is 4.79 Å². The highest BCUT2D eigenvalue weighted by Crippen LogP contribution is 2.32. The molecule has 0 saturated carbocycles. The molecule has 3 N–H and O–H groups in total. The first-order valence-corrected chi connectivity index (χ1v) is 5.74. The van der Waals surface area contributed by atoms with Crippen LogP contribution in [0, 0.1) is 11.7 Å². The zero-order chi connectivity index (χ0) is 12.3. The summed E-state index contributed by atoms with van der Waals surface area (Å²) < 4.78 is 12.8. The van der Waals surface area contributed by atoms with Gasteiger partial charge in [-0.25, -0.2) is 4.39 Å². The summed E-state index contributed by atoms with van der Waals surface area (Å²) in [4.78, 5) is 11.5. The van der Waals surface area contributed by atoms with E-state index in [9.17, 15) is 9.18 Å². The number of aliphatic carboxylic acids is 1. The first kappa shape index (κ1) is 12.8. The maximum Gasteiger partial charge on any atom is 0.307 e. The van der Waals surface area contributed by atoms with E-state index in [1.807, 2.05) is 6.92 Å². The molecule has 3 nitrogen and oxygen atoms in total. The summed E-state index contributed by atoms with van der Waals surface area (Å²) in [6.07, 6.45) is 0. The number of hydrogen-bond donors (Lipinski definition) is 2. The van der Waals surface area contributed by atoms with Crippen molar-refractivity contribution >= 4 is 23.4 Å². The Labute approximate surface area is 97.8 Å². The molecule has 16 heavy (non-hydrogen) atoms. The number of carboxylic acids is 1. The van der Waals surface area contributed by atoms with Crippen LogP contribution in [0.5, 0.6) is 0 Å². The fourth-order valence-corrected chi connectivity index (χ4v) is 2.19. The largest absolute Gasteiger partial charge is 0.481 e. The average molecular weight is 243 g/mol. The molecule has 2 unspecified atom stereocenters. The van der Waals surface area contributed by atoms with Crippen LogP contribution in [0.4, 0.5) is 10.1 Å². The normalized spacial score (nSPS) is 14.4. The van der Waals surface area contributed by atoms with E-state index in [1.165, 1.54) is 23.9 Å². The van der Waals surface area contributed by atoms with Gasteiger partial charge in [0.25, 0.3) is 0 Å². The molecule has 5 heteroatoms. The number of nitrogens with two attached hydrogens (primary N) is 1. The van der Waals surface area contributed by atoms with Crippen molar-refractivity contribution < 1.29 is 14.3 Å². The molecule has 0 aliphatic carbocycles. The Balaban J connectivity index is 2.77. The van der Waals surface area contributed by atoms with Crippen molar-refractivity contribution in [1.82, 2.24) is 0 Å². The highest BCUT2D eigenvalue weighted by molar-refractivity contribution is 8.00. The molecular weight excluding hydrogens is 229 g/mol. The van der Waals surface area contributed by atoms with Gasteiger partial charge in [-0.1, -0.05) is 13.8 Å². The molecule has 2 atom stereocenters. The predicted molar refractivity (Wildman–Crippen MR) is 62.9 cm³/mol. The van der Waals surface area contributed by atoms with Crippen LogP contribution < -0.4 is 5.73 Å². The number of hydrogen-bond acceptors (Lipinski definition) is 3. The lowest BCUT2D eigenvalue weighted by atomic mass is 10.1. The molecule has 1 aromatic rings. The van der Waals surface area contributed by atoms with Gasteiger partial charge in [-0.2, -0.15) is 0 Å². The number of thioether (sulfide) groups is 1. The van der Waals surface area contributed by atoms with Crippen molar-refractivity contribution in [2.24, 2.45) is 5.92 Å². The molecule has 0 fully saturated rings. The van der Waals surface area contributed by atoms with Crippen molar-refractivity contribution in [3.05, 3.63) is 24.0 Å². The van der Waals surface area contributed by atoms with Crippen LogP contribution in [-0.4, -0.2) is 16.3 Å². The van der Waals surface area contributed by atoms with Crippen molar-refractivity contribution in [2.45, 2.75) is 24.0 Å². The van der Waals surface area contributed by atoms with Gasteiger partial charge in [0.2, 0.25) is 0 Å². The third-order valence-electron chi connectivity index (χ3n) is 2.38. The van der Waals surface area contributed by atoms with Gasteiger partial charge in [0, 0.05) is 15.8 Å². The van der Waals surface area contributed by atoms with Crippen molar-refractivity contribution in [3.63, 3.8) is 0 Å². The van der Waals surface area contributed by atoms with Crippen LogP contribution in [0.25, 0.3) is 0 Å². The van der Waals surface area contributed by atoms with Crippen LogP contribution in [0.2, 0.25) is 0 Å². The smallest absolute Gasteiger partial charge is 0.307 e. The minimum absolute atomic E-state index is 0.120. The SMILES string of the molecule is CC(Sc1ccc(F)cc1N)C(C)C(=O)O. The van der Waals surface area contributed by atoms with Crippen molar-refractivity contribution in [2.75, 3.05) is 5.73 Å². The van der Waals surface area contributed by atoms with Gasteiger partial charge in [-0.15, -0.1) is 11.8 Å². The maximum atomic E-state index is 12.8. The van der Waals surface area contributed by atoms with Crippen LogP contribution in [-0.2, 0) is 4.79 Å². The summed E-state index contributed by atoms with van der Waals surface area (Å²) in [5, 5.41) is 8.72. The Kier molecular flexibility index (Phi) is 4.18. The standard InChI is InChI=1S/C11H14FNO2S/c1-6(11(14)15)7(2)16-10-4-3-8(12)5-9(10)13/h3-7H,13H2,1-2H3,(H,14,15). The van der Waals surface area contributed by atoms with E-state index in [-0.39, 0.29) is 11.1 Å². The van der Waals surface area contributed by atoms with Gasteiger partial charge >= 0.3 is 5.97 Å². The first-order valence-electron chi connectivity index (χ1n) is 4.86. The number of anilines is 1. The molecule has 0 heterocycles. The number of nitrogen functional groups attached to an aromatic ring is 1. The molecule has 0 amide bonds. The molecule has 88 valence electrons. The van der Waals surface area contributed by atoms with Crippen LogP contribution >= 0.6 is 11.8 Å². The fourth-order valence-electron chi connectivity index (χ4n) is 1.13. The molecule has 1 aromatic carbocycles. The fraction of sp³-hybridized carbons (Fsp3) is 0.364. The second-order valence-electron chi connectivity index (χ2n) is 3.63. The number of benzene rings is 1.